The Hall–Kier alpha value is -0.970. The summed E-state index contributed by atoms with van der Waals surface area (Å²) in [5.74, 6) is 1.14. The van der Waals surface area contributed by atoms with Gasteiger partial charge in [0.2, 0.25) is 0 Å². The first-order valence-electron chi connectivity index (χ1n) is 10.9. The van der Waals surface area contributed by atoms with Gasteiger partial charge in [-0.25, -0.2) is 0 Å². The summed E-state index contributed by atoms with van der Waals surface area (Å²) in [5, 5.41) is 0.747. The van der Waals surface area contributed by atoms with Crippen LogP contribution in [0.1, 0.15) is 65.2 Å². The molecule has 0 bridgehead atoms. The van der Waals surface area contributed by atoms with E-state index in [2.05, 4.69) is 29.7 Å². The third-order valence-corrected chi connectivity index (χ3v) is 7.68. The molecule has 0 amide bonds. The zero-order valence-corrected chi connectivity index (χ0v) is 18.7. The van der Waals surface area contributed by atoms with E-state index < -0.39 is 0 Å². The van der Waals surface area contributed by atoms with Gasteiger partial charge in [0.1, 0.15) is 5.84 Å². The van der Waals surface area contributed by atoms with Gasteiger partial charge in [0.25, 0.3) is 0 Å². The molecule has 0 unspecified atom stereocenters. The lowest BCUT2D eigenvalue weighted by atomic mass is 9.85. The van der Waals surface area contributed by atoms with E-state index in [0.29, 0.717) is 6.04 Å². The Morgan fingerprint density at radius 2 is 1.64 bits per heavy atom. The molecule has 1 aromatic carbocycles. The number of thiocarbonyl (C=S) groups is 1. The van der Waals surface area contributed by atoms with Crippen LogP contribution >= 0.6 is 23.8 Å². The predicted molar refractivity (Wildman–Crippen MR) is 124 cm³/mol. The molecular weight excluding hydrogens is 386 g/mol. The molecule has 1 aliphatic carbocycles. The second-order valence-electron chi connectivity index (χ2n) is 9.09. The number of rotatable bonds is 3. The van der Waals surface area contributed by atoms with Gasteiger partial charge in [0, 0.05) is 5.41 Å². The predicted octanol–water partition coefficient (Wildman–Crippen LogP) is 6.10. The quantitative estimate of drug-likeness (QED) is 0.553. The van der Waals surface area contributed by atoms with Gasteiger partial charge in [0.15, 0.2) is 0 Å². The maximum atomic E-state index is 6.63. The van der Waals surface area contributed by atoms with Crippen LogP contribution in [0, 0.1) is 5.41 Å². The maximum absolute atomic E-state index is 6.63. The molecule has 0 aromatic heterocycles. The summed E-state index contributed by atoms with van der Waals surface area (Å²) in [6.07, 6.45) is 10.2. The van der Waals surface area contributed by atoms with Gasteiger partial charge in [-0.2, -0.15) is 0 Å². The lowest BCUT2D eigenvalue weighted by Gasteiger charge is -2.38. The highest BCUT2D eigenvalue weighted by atomic mass is 35.5. The third kappa shape index (κ3) is 3.76. The van der Waals surface area contributed by atoms with Crippen LogP contribution in [0.15, 0.2) is 29.3 Å². The van der Waals surface area contributed by atoms with E-state index in [1.54, 1.807) is 0 Å². The van der Waals surface area contributed by atoms with E-state index in [4.69, 9.17) is 28.8 Å². The zero-order chi connectivity index (χ0) is 19.7. The molecule has 3 fully saturated rings. The van der Waals surface area contributed by atoms with Crippen molar-refractivity contribution in [3.05, 3.63) is 29.3 Å². The van der Waals surface area contributed by atoms with Crippen molar-refractivity contribution in [2.45, 2.75) is 77.3 Å². The second-order valence-corrected chi connectivity index (χ2v) is 9.89. The molecule has 2 aliphatic heterocycles. The molecule has 28 heavy (non-hydrogen) atoms. The fourth-order valence-electron chi connectivity index (χ4n) is 5.14. The SMILES string of the molecule is CC1(C)C(=S)N(c2ccccc2Cl)C(=NC2CCCCC2)[C@@H]1N1CCCCC1. The molecule has 0 N–H and O–H groups in total. The Kier molecular flexibility index (Phi) is 6.10. The summed E-state index contributed by atoms with van der Waals surface area (Å²) in [5.41, 5.74) is 0.843. The normalized spacial score (nSPS) is 28.2. The number of halogens is 1. The third-order valence-electron chi connectivity index (χ3n) is 6.65. The number of aliphatic imine (C=N–C) groups is 1. The Balaban J connectivity index is 1.80. The molecule has 5 heteroatoms. The van der Waals surface area contributed by atoms with Crippen molar-refractivity contribution >= 4 is 40.3 Å². The molecule has 2 heterocycles. The van der Waals surface area contributed by atoms with Crippen LogP contribution in [0.2, 0.25) is 5.02 Å². The van der Waals surface area contributed by atoms with Crippen molar-refractivity contribution in [1.29, 1.82) is 0 Å². The van der Waals surface area contributed by atoms with Gasteiger partial charge < -0.3 is 0 Å². The minimum Gasteiger partial charge on any atom is -0.293 e. The van der Waals surface area contributed by atoms with Gasteiger partial charge in [-0.3, -0.25) is 14.8 Å². The Morgan fingerprint density at radius 1 is 1.00 bits per heavy atom. The minimum atomic E-state index is -0.140. The van der Waals surface area contributed by atoms with Gasteiger partial charge in [-0.15, -0.1) is 0 Å². The number of amidine groups is 1. The van der Waals surface area contributed by atoms with Gasteiger partial charge >= 0.3 is 0 Å². The summed E-state index contributed by atoms with van der Waals surface area (Å²) in [6.45, 7) is 6.86. The molecular formula is C23H32ClN3S. The number of benzene rings is 1. The number of nitrogens with zero attached hydrogens (tertiary/aromatic N) is 3. The van der Waals surface area contributed by atoms with Crippen molar-refractivity contribution in [2.24, 2.45) is 10.4 Å². The number of hydrogen-bond acceptors (Lipinski definition) is 3. The highest BCUT2D eigenvalue weighted by molar-refractivity contribution is 7.80. The van der Waals surface area contributed by atoms with Crippen LogP contribution in [-0.4, -0.2) is 40.9 Å². The molecule has 3 aliphatic rings. The highest BCUT2D eigenvalue weighted by Crippen LogP contribution is 2.43. The molecule has 4 rings (SSSR count). The van der Waals surface area contributed by atoms with Crippen LogP contribution in [0.4, 0.5) is 5.69 Å². The molecule has 1 aromatic rings. The molecule has 0 spiro atoms. The molecule has 3 nitrogen and oxygen atoms in total. The monoisotopic (exact) mass is 417 g/mol. The lowest BCUT2D eigenvalue weighted by molar-refractivity contribution is 0.154. The summed E-state index contributed by atoms with van der Waals surface area (Å²) in [6, 6.07) is 8.72. The number of piperidine rings is 1. The average molecular weight is 418 g/mol. The van der Waals surface area contributed by atoms with Gasteiger partial charge in [-0.1, -0.05) is 75.5 Å². The van der Waals surface area contributed by atoms with Gasteiger partial charge in [0.05, 0.1) is 27.8 Å². The van der Waals surface area contributed by atoms with Crippen molar-refractivity contribution < 1.29 is 0 Å². The molecule has 1 atom stereocenters. The fourth-order valence-corrected chi connectivity index (χ4v) is 5.67. The first kappa shape index (κ1) is 20.3. The van der Waals surface area contributed by atoms with Crippen LogP contribution < -0.4 is 4.90 Å². The highest BCUT2D eigenvalue weighted by Gasteiger charge is 2.52. The van der Waals surface area contributed by atoms with Crippen molar-refractivity contribution in [2.75, 3.05) is 18.0 Å². The van der Waals surface area contributed by atoms with E-state index in [1.165, 1.54) is 51.4 Å². The molecule has 0 radical (unpaired) electrons. The van der Waals surface area contributed by atoms with Crippen LogP contribution in [-0.2, 0) is 0 Å². The zero-order valence-electron chi connectivity index (χ0n) is 17.2. The number of para-hydroxylation sites is 1. The van der Waals surface area contributed by atoms with Crippen molar-refractivity contribution in [3.8, 4) is 0 Å². The molecule has 1 saturated carbocycles. The van der Waals surface area contributed by atoms with E-state index in [1.807, 2.05) is 18.2 Å². The molecule has 152 valence electrons. The van der Waals surface area contributed by atoms with E-state index >= 15 is 0 Å². The largest absolute Gasteiger partial charge is 0.293 e. The summed E-state index contributed by atoms with van der Waals surface area (Å²) in [7, 11) is 0. The molecule has 2 saturated heterocycles. The standard InChI is InChI=1S/C23H32ClN3S/c1-23(2)20(26-15-9-4-10-16-26)21(25-17-11-5-3-6-12-17)27(22(23)28)19-14-8-7-13-18(19)24/h7-8,13-14,17,20H,3-6,9-12,15-16H2,1-2H3/t20-/m0/s1. The van der Waals surface area contributed by atoms with Crippen LogP contribution in [0.25, 0.3) is 0 Å². The van der Waals surface area contributed by atoms with E-state index in [9.17, 15) is 0 Å². The Bertz CT molecular complexity index is 748. The van der Waals surface area contributed by atoms with Crippen molar-refractivity contribution in [3.63, 3.8) is 0 Å². The number of anilines is 1. The smallest absolute Gasteiger partial charge is 0.127 e. The fraction of sp³-hybridized carbons (Fsp3) is 0.652. The van der Waals surface area contributed by atoms with Crippen molar-refractivity contribution in [1.82, 2.24) is 4.90 Å². The number of likely N-dealkylation sites (tertiary alicyclic amines) is 1. The first-order chi connectivity index (χ1) is 13.5. The second kappa shape index (κ2) is 8.41. The first-order valence-corrected chi connectivity index (χ1v) is 11.7. The Labute approximate surface area is 180 Å². The van der Waals surface area contributed by atoms with Crippen LogP contribution in [0.3, 0.4) is 0 Å². The average Bonchev–Trinajstić information content (AvgIpc) is 2.89. The Morgan fingerprint density at radius 3 is 2.32 bits per heavy atom. The summed E-state index contributed by atoms with van der Waals surface area (Å²) in [4.78, 5) is 11.2. The lowest BCUT2D eigenvalue weighted by Crippen LogP contribution is -2.50. The van der Waals surface area contributed by atoms with Gasteiger partial charge in [-0.05, 0) is 50.9 Å². The number of hydrogen-bond donors (Lipinski definition) is 0. The van der Waals surface area contributed by atoms with E-state index in [-0.39, 0.29) is 11.5 Å². The summed E-state index contributed by atoms with van der Waals surface area (Å²) < 4.78 is 0. The summed E-state index contributed by atoms with van der Waals surface area (Å²) >= 11 is 12.7. The van der Waals surface area contributed by atoms with Crippen LogP contribution in [0.5, 0.6) is 0 Å². The maximum Gasteiger partial charge on any atom is 0.127 e. The van der Waals surface area contributed by atoms with E-state index in [0.717, 1.165) is 34.6 Å². The topological polar surface area (TPSA) is 18.8 Å². The minimum absolute atomic E-state index is 0.140.